The summed E-state index contributed by atoms with van der Waals surface area (Å²) in [5.74, 6) is 0. The number of rotatable bonds is 3. The van der Waals surface area contributed by atoms with Crippen LogP contribution >= 0.6 is 0 Å². The van der Waals surface area contributed by atoms with E-state index < -0.39 is 0 Å². The SMILES string of the molecule is CCC1CCCCN1C1(n2nnc3ccccc32)CCCCCCC1. The van der Waals surface area contributed by atoms with Gasteiger partial charge in [-0.15, -0.1) is 5.10 Å². The van der Waals surface area contributed by atoms with Gasteiger partial charge in [-0.25, -0.2) is 4.68 Å². The fourth-order valence-corrected chi connectivity index (χ4v) is 5.24. The second-order valence-corrected chi connectivity index (χ2v) is 7.99. The number of fused-ring (bicyclic) bond motifs is 1. The molecule has 0 N–H and O–H groups in total. The molecule has 1 aromatic heterocycles. The normalized spacial score (nSPS) is 25.6. The molecule has 2 heterocycles. The number of para-hydroxylation sites is 1. The van der Waals surface area contributed by atoms with Gasteiger partial charge in [-0.3, -0.25) is 4.90 Å². The van der Waals surface area contributed by atoms with Crippen LogP contribution in [0, 0.1) is 0 Å². The molecule has 1 atom stereocenters. The van der Waals surface area contributed by atoms with Crippen molar-refractivity contribution in [3.63, 3.8) is 0 Å². The zero-order valence-electron chi connectivity index (χ0n) is 15.7. The van der Waals surface area contributed by atoms with Crippen LogP contribution in [-0.2, 0) is 5.66 Å². The van der Waals surface area contributed by atoms with Gasteiger partial charge in [0.1, 0.15) is 11.2 Å². The summed E-state index contributed by atoms with van der Waals surface area (Å²) < 4.78 is 2.32. The van der Waals surface area contributed by atoms with Crippen molar-refractivity contribution in [2.75, 3.05) is 6.54 Å². The Hall–Kier alpha value is -1.42. The van der Waals surface area contributed by atoms with Crippen LogP contribution in [0.2, 0.25) is 0 Å². The molecule has 0 amide bonds. The number of likely N-dealkylation sites (tertiary alicyclic amines) is 1. The summed E-state index contributed by atoms with van der Waals surface area (Å²) in [4.78, 5) is 2.84. The molecular weight excluding hydrogens is 308 g/mol. The molecule has 1 unspecified atom stereocenters. The van der Waals surface area contributed by atoms with Crippen molar-refractivity contribution >= 4 is 11.0 Å². The standard InChI is InChI=1S/C21H32N4/c1-2-18-12-8-11-17-24(18)21(15-9-4-3-5-10-16-21)25-20-14-7-6-13-19(20)22-23-25/h6-7,13-14,18H,2-5,8-12,15-17H2,1H3. The fraction of sp³-hybridized carbons (Fsp3) is 0.714. The van der Waals surface area contributed by atoms with Crippen LogP contribution in [0.3, 0.4) is 0 Å². The molecule has 0 spiro atoms. The van der Waals surface area contributed by atoms with Gasteiger partial charge in [-0.05, 0) is 57.1 Å². The maximum Gasteiger partial charge on any atom is 0.117 e. The average molecular weight is 341 g/mol. The third kappa shape index (κ3) is 3.10. The van der Waals surface area contributed by atoms with Gasteiger partial charge in [-0.2, -0.15) is 0 Å². The second kappa shape index (κ2) is 7.45. The molecule has 4 nitrogen and oxygen atoms in total. The second-order valence-electron chi connectivity index (χ2n) is 7.99. The lowest BCUT2D eigenvalue weighted by Gasteiger charge is -2.50. The summed E-state index contributed by atoms with van der Waals surface area (Å²) in [6, 6.07) is 9.20. The molecule has 25 heavy (non-hydrogen) atoms. The van der Waals surface area contributed by atoms with Crippen molar-refractivity contribution in [1.82, 2.24) is 19.9 Å². The van der Waals surface area contributed by atoms with E-state index in [4.69, 9.17) is 5.21 Å². The van der Waals surface area contributed by atoms with E-state index in [1.807, 2.05) is 0 Å². The predicted octanol–water partition coefficient (Wildman–Crippen LogP) is 5.09. The Morgan fingerprint density at radius 3 is 2.56 bits per heavy atom. The molecular formula is C21H32N4. The van der Waals surface area contributed by atoms with Gasteiger partial charge < -0.3 is 0 Å². The Labute approximate surface area is 151 Å². The number of nitrogens with zero attached hydrogens (tertiary/aromatic N) is 4. The largest absolute Gasteiger partial charge is 0.276 e. The van der Waals surface area contributed by atoms with Crippen LogP contribution in [0.15, 0.2) is 24.3 Å². The maximum absolute atomic E-state index is 4.73. The molecule has 2 aliphatic rings. The van der Waals surface area contributed by atoms with Crippen molar-refractivity contribution in [1.29, 1.82) is 0 Å². The Morgan fingerprint density at radius 2 is 1.76 bits per heavy atom. The molecule has 0 radical (unpaired) electrons. The molecule has 2 aromatic rings. The summed E-state index contributed by atoms with van der Waals surface area (Å²) in [6.45, 7) is 3.58. The predicted molar refractivity (Wildman–Crippen MR) is 102 cm³/mol. The highest BCUT2D eigenvalue weighted by Crippen LogP contribution is 2.41. The summed E-state index contributed by atoms with van der Waals surface area (Å²) in [7, 11) is 0. The minimum atomic E-state index is 0.0254. The molecule has 2 fully saturated rings. The molecule has 0 bridgehead atoms. The number of piperidine rings is 1. The molecule has 1 saturated heterocycles. The fourth-order valence-electron chi connectivity index (χ4n) is 5.24. The molecule has 1 aliphatic carbocycles. The number of hydrogen-bond acceptors (Lipinski definition) is 3. The Balaban J connectivity index is 1.82. The van der Waals surface area contributed by atoms with E-state index in [1.54, 1.807) is 0 Å². The van der Waals surface area contributed by atoms with E-state index in [0.29, 0.717) is 6.04 Å². The van der Waals surface area contributed by atoms with Crippen LogP contribution in [-0.4, -0.2) is 32.5 Å². The Morgan fingerprint density at radius 1 is 1.00 bits per heavy atom. The quantitative estimate of drug-likeness (QED) is 0.780. The van der Waals surface area contributed by atoms with E-state index in [2.05, 4.69) is 45.9 Å². The smallest absolute Gasteiger partial charge is 0.117 e. The van der Waals surface area contributed by atoms with Crippen molar-refractivity contribution in [2.45, 2.75) is 89.3 Å². The zero-order chi connectivity index (χ0) is 17.1. The van der Waals surface area contributed by atoms with E-state index in [1.165, 1.54) is 82.7 Å². The highest BCUT2D eigenvalue weighted by atomic mass is 15.5. The maximum atomic E-state index is 4.73. The molecule has 4 heteroatoms. The van der Waals surface area contributed by atoms with Crippen LogP contribution in [0.25, 0.3) is 11.0 Å². The number of benzene rings is 1. The first kappa shape index (κ1) is 17.0. The molecule has 4 rings (SSSR count). The van der Waals surface area contributed by atoms with Crippen molar-refractivity contribution in [2.24, 2.45) is 0 Å². The monoisotopic (exact) mass is 340 g/mol. The van der Waals surface area contributed by atoms with Crippen molar-refractivity contribution < 1.29 is 0 Å². The van der Waals surface area contributed by atoms with Gasteiger partial charge >= 0.3 is 0 Å². The minimum absolute atomic E-state index is 0.0254. The average Bonchev–Trinajstić information content (AvgIpc) is 3.07. The Kier molecular flexibility index (Phi) is 5.07. The van der Waals surface area contributed by atoms with E-state index >= 15 is 0 Å². The number of aromatic nitrogens is 3. The van der Waals surface area contributed by atoms with Gasteiger partial charge in [0.05, 0.1) is 5.52 Å². The van der Waals surface area contributed by atoms with E-state index in [-0.39, 0.29) is 5.66 Å². The summed E-state index contributed by atoms with van der Waals surface area (Å²) in [5, 5.41) is 9.26. The highest BCUT2D eigenvalue weighted by molar-refractivity contribution is 5.74. The lowest BCUT2D eigenvalue weighted by atomic mass is 9.85. The van der Waals surface area contributed by atoms with Crippen LogP contribution < -0.4 is 0 Å². The first-order chi connectivity index (χ1) is 12.3. The first-order valence-electron chi connectivity index (χ1n) is 10.4. The van der Waals surface area contributed by atoms with Crippen LogP contribution in [0.1, 0.15) is 77.6 Å². The highest BCUT2D eigenvalue weighted by Gasteiger charge is 2.43. The molecule has 1 aromatic carbocycles. The lowest BCUT2D eigenvalue weighted by molar-refractivity contribution is -0.0638. The van der Waals surface area contributed by atoms with E-state index in [9.17, 15) is 0 Å². The minimum Gasteiger partial charge on any atom is -0.276 e. The van der Waals surface area contributed by atoms with Crippen LogP contribution in [0.4, 0.5) is 0 Å². The van der Waals surface area contributed by atoms with Gasteiger partial charge in [0.25, 0.3) is 0 Å². The molecule has 1 aliphatic heterocycles. The molecule has 1 saturated carbocycles. The van der Waals surface area contributed by atoms with Gasteiger partial charge in [0.2, 0.25) is 0 Å². The van der Waals surface area contributed by atoms with Crippen LogP contribution in [0.5, 0.6) is 0 Å². The lowest BCUT2D eigenvalue weighted by Crippen LogP contribution is -2.57. The topological polar surface area (TPSA) is 34.0 Å². The summed E-state index contributed by atoms with van der Waals surface area (Å²) >= 11 is 0. The zero-order valence-corrected chi connectivity index (χ0v) is 15.7. The third-order valence-electron chi connectivity index (χ3n) is 6.53. The summed E-state index contributed by atoms with van der Waals surface area (Å²) in [6.07, 6.45) is 14.5. The number of hydrogen-bond donors (Lipinski definition) is 0. The third-order valence-corrected chi connectivity index (χ3v) is 6.53. The van der Waals surface area contributed by atoms with E-state index in [0.717, 1.165) is 5.52 Å². The van der Waals surface area contributed by atoms with Gasteiger partial charge in [0, 0.05) is 12.6 Å². The Bertz CT molecular complexity index is 684. The van der Waals surface area contributed by atoms with Gasteiger partial charge in [0.15, 0.2) is 0 Å². The first-order valence-corrected chi connectivity index (χ1v) is 10.4. The van der Waals surface area contributed by atoms with Gasteiger partial charge in [-0.1, -0.05) is 50.0 Å². The van der Waals surface area contributed by atoms with Crippen molar-refractivity contribution in [3.05, 3.63) is 24.3 Å². The molecule has 136 valence electrons. The summed E-state index contributed by atoms with van der Waals surface area (Å²) in [5.41, 5.74) is 2.27. The van der Waals surface area contributed by atoms with Crippen molar-refractivity contribution in [3.8, 4) is 0 Å².